The van der Waals surface area contributed by atoms with E-state index in [2.05, 4.69) is 15.5 Å². The third-order valence-corrected chi connectivity index (χ3v) is 1.41. The van der Waals surface area contributed by atoms with Gasteiger partial charge in [-0.2, -0.15) is 5.10 Å². The molecule has 0 saturated carbocycles. The maximum absolute atomic E-state index is 11.2. The first-order valence-corrected chi connectivity index (χ1v) is 3.64. The molecule has 1 rings (SSSR count). The molecule has 0 aliphatic rings. The maximum atomic E-state index is 11.2. The number of aromatic nitrogens is 2. The third kappa shape index (κ3) is 2.06. The van der Waals surface area contributed by atoms with Crippen LogP contribution in [0.3, 0.4) is 0 Å². The van der Waals surface area contributed by atoms with Crippen molar-refractivity contribution in [1.82, 2.24) is 15.5 Å². The number of aromatic amines is 1. The normalized spacial score (nSPS) is 12.5. The Morgan fingerprint density at radius 1 is 1.92 bits per heavy atom. The Labute approximate surface area is 69.8 Å². The fourth-order valence-corrected chi connectivity index (χ4v) is 0.728. The van der Waals surface area contributed by atoms with Gasteiger partial charge in [0.25, 0.3) is 5.91 Å². The van der Waals surface area contributed by atoms with Crippen molar-refractivity contribution >= 4 is 5.91 Å². The molecular formula is C7H11N3O2. The van der Waals surface area contributed by atoms with E-state index in [1.807, 2.05) is 0 Å². The van der Waals surface area contributed by atoms with Gasteiger partial charge in [-0.3, -0.25) is 9.89 Å². The van der Waals surface area contributed by atoms with Crippen LogP contribution in [-0.4, -0.2) is 33.9 Å². The molecule has 1 heterocycles. The summed E-state index contributed by atoms with van der Waals surface area (Å²) in [5, 5.41) is 17.4. The molecule has 1 aromatic rings. The van der Waals surface area contributed by atoms with Crippen molar-refractivity contribution in [1.29, 1.82) is 0 Å². The highest BCUT2D eigenvalue weighted by atomic mass is 16.3. The minimum Gasteiger partial charge on any atom is -0.394 e. The van der Waals surface area contributed by atoms with Gasteiger partial charge in [0, 0.05) is 12.2 Å². The lowest BCUT2D eigenvalue weighted by Gasteiger charge is -2.08. The second-order valence-electron chi connectivity index (χ2n) is 2.54. The smallest absolute Gasteiger partial charge is 0.254 e. The minimum absolute atomic E-state index is 0.0659. The standard InChI is InChI=1S/C7H11N3O2/c1-5(4-11)10-7(12)6-2-8-9-3-6/h2-3,5,11H,4H2,1H3,(H,8,9)(H,10,12)/t5-/m1/s1. The first-order chi connectivity index (χ1) is 5.74. The van der Waals surface area contributed by atoms with Gasteiger partial charge in [0.15, 0.2) is 0 Å². The fourth-order valence-electron chi connectivity index (χ4n) is 0.728. The summed E-state index contributed by atoms with van der Waals surface area (Å²) in [5.74, 6) is -0.231. The van der Waals surface area contributed by atoms with Crippen LogP contribution in [0.5, 0.6) is 0 Å². The van der Waals surface area contributed by atoms with E-state index < -0.39 is 0 Å². The van der Waals surface area contributed by atoms with E-state index in [1.165, 1.54) is 12.4 Å². The highest BCUT2D eigenvalue weighted by molar-refractivity contribution is 5.93. The van der Waals surface area contributed by atoms with Gasteiger partial charge in [-0.25, -0.2) is 0 Å². The summed E-state index contributed by atoms with van der Waals surface area (Å²) in [7, 11) is 0. The van der Waals surface area contributed by atoms with Crippen LogP contribution in [0.2, 0.25) is 0 Å². The predicted octanol–water partition coefficient (Wildman–Crippen LogP) is -0.480. The van der Waals surface area contributed by atoms with Crippen molar-refractivity contribution in [2.45, 2.75) is 13.0 Å². The van der Waals surface area contributed by atoms with Crippen LogP contribution in [0.4, 0.5) is 0 Å². The lowest BCUT2D eigenvalue weighted by Crippen LogP contribution is -2.34. The molecule has 0 bridgehead atoms. The molecule has 0 aliphatic carbocycles. The SMILES string of the molecule is C[C@H](CO)NC(=O)c1cn[nH]c1. The van der Waals surface area contributed by atoms with Crippen molar-refractivity contribution < 1.29 is 9.90 Å². The molecule has 0 spiro atoms. The minimum atomic E-state index is -0.231. The second-order valence-corrected chi connectivity index (χ2v) is 2.54. The third-order valence-electron chi connectivity index (χ3n) is 1.41. The molecule has 3 N–H and O–H groups in total. The number of carbonyl (C=O) groups excluding carboxylic acids is 1. The molecule has 0 fully saturated rings. The molecule has 0 aromatic carbocycles. The van der Waals surface area contributed by atoms with Gasteiger partial charge in [0.2, 0.25) is 0 Å². The summed E-state index contributed by atoms with van der Waals surface area (Å²) in [6.45, 7) is 1.65. The molecule has 1 aromatic heterocycles. The van der Waals surface area contributed by atoms with E-state index in [1.54, 1.807) is 6.92 Å². The number of rotatable bonds is 3. The number of nitrogens with one attached hydrogen (secondary N) is 2. The average Bonchev–Trinajstić information content (AvgIpc) is 2.56. The monoisotopic (exact) mass is 169 g/mol. The Morgan fingerprint density at radius 3 is 3.17 bits per heavy atom. The molecule has 0 saturated heterocycles. The van der Waals surface area contributed by atoms with Crippen molar-refractivity contribution in [3.8, 4) is 0 Å². The molecular weight excluding hydrogens is 158 g/mol. The summed E-state index contributed by atoms with van der Waals surface area (Å²) >= 11 is 0. The van der Waals surface area contributed by atoms with Gasteiger partial charge >= 0.3 is 0 Å². The summed E-state index contributed by atoms with van der Waals surface area (Å²) in [6, 6.07) is -0.229. The zero-order valence-corrected chi connectivity index (χ0v) is 6.74. The van der Waals surface area contributed by atoms with Crippen molar-refractivity contribution in [3.63, 3.8) is 0 Å². The quantitative estimate of drug-likeness (QED) is 0.572. The number of aliphatic hydroxyl groups excluding tert-OH is 1. The van der Waals surface area contributed by atoms with Gasteiger partial charge < -0.3 is 10.4 Å². The molecule has 0 unspecified atom stereocenters. The fraction of sp³-hybridized carbons (Fsp3) is 0.429. The summed E-state index contributed by atoms with van der Waals surface area (Å²) in [4.78, 5) is 11.2. The van der Waals surface area contributed by atoms with E-state index in [-0.39, 0.29) is 18.6 Å². The molecule has 66 valence electrons. The molecule has 1 atom stereocenters. The van der Waals surface area contributed by atoms with Crippen LogP contribution >= 0.6 is 0 Å². The van der Waals surface area contributed by atoms with Gasteiger partial charge in [-0.15, -0.1) is 0 Å². The molecule has 12 heavy (non-hydrogen) atoms. The predicted molar refractivity (Wildman–Crippen MR) is 42.6 cm³/mol. The number of hydrogen-bond acceptors (Lipinski definition) is 3. The number of nitrogens with zero attached hydrogens (tertiary/aromatic N) is 1. The highest BCUT2D eigenvalue weighted by Gasteiger charge is 2.08. The molecule has 0 aliphatic heterocycles. The van der Waals surface area contributed by atoms with Gasteiger partial charge in [-0.1, -0.05) is 0 Å². The summed E-state index contributed by atoms with van der Waals surface area (Å²) < 4.78 is 0. The van der Waals surface area contributed by atoms with Crippen LogP contribution in [0.1, 0.15) is 17.3 Å². The van der Waals surface area contributed by atoms with Crippen LogP contribution < -0.4 is 5.32 Å². The van der Waals surface area contributed by atoms with Gasteiger partial charge in [0.1, 0.15) is 0 Å². The largest absolute Gasteiger partial charge is 0.394 e. The average molecular weight is 169 g/mol. The Balaban J connectivity index is 2.50. The van der Waals surface area contributed by atoms with Crippen molar-refractivity contribution in [2.24, 2.45) is 0 Å². The second kappa shape index (κ2) is 3.87. The first-order valence-electron chi connectivity index (χ1n) is 3.64. The summed E-state index contributed by atoms with van der Waals surface area (Å²) in [6.07, 6.45) is 2.93. The number of aliphatic hydroxyl groups is 1. The van der Waals surface area contributed by atoms with Crippen molar-refractivity contribution in [2.75, 3.05) is 6.61 Å². The van der Waals surface area contributed by atoms with Crippen LogP contribution in [0.15, 0.2) is 12.4 Å². The van der Waals surface area contributed by atoms with Gasteiger partial charge in [-0.05, 0) is 6.92 Å². The molecule has 5 heteroatoms. The Kier molecular flexibility index (Phi) is 2.82. The maximum Gasteiger partial charge on any atom is 0.254 e. The summed E-state index contributed by atoms with van der Waals surface area (Å²) in [5.41, 5.74) is 0.468. The van der Waals surface area contributed by atoms with E-state index in [9.17, 15) is 4.79 Å². The number of amides is 1. The number of H-pyrrole nitrogens is 1. The number of carbonyl (C=O) groups is 1. The molecule has 1 amide bonds. The van der Waals surface area contributed by atoms with Crippen molar-refractivity contribution in [3.05, 3.63) is 18.0 Å². The zero-order valence-electron chi connectivity index (χ0n) is 6.74. The lowest BCUT2D eigenvalue weighted by molar-refractivity contribution is 0.0922. The first kappa shape index (κ1) is 8.73. The highest BCUT2D eigenvalue weighted by Crippen LogP contribution is 1.93. The van der Waals surface area contributed by atoms with E-state index in [4.69, 9.17) is 5.11 Å². The molecule has 5 nitrogen and oxygen atoms in total. The van der Waals surface area contributed by atoms with Crippen LogP contribution in [0.25, 0.3) is 0 Å². The van der Waals surface area contributed by atoms with Gasteiger partial charge in [0.05, 0.1) is 18.4 Å². The Hall–Kier alpha value is -1.36. The Bertz CT molecular complexity index is 245. The number of hydrogen-bond donors (Lipinski definition) is 3. The van der Waals surface area contributed by atoms with E-state index >= 15 is 0 Å². The lowest BCUT2D eigenvalue weighted by atomic mass is 10.3. The van der Waals surface area contributed by atoms with Crippen LogP contribution in [0, 0.1) is 0 Å². The van der Waals surface area contributed by atoms with Crippen LogP contribution in [-0.2, 0) is 0 Å². The molecule has 0 radical (unpaired) electrons. The Morgan fingerprint density at radius 2 is 2.67 bits per heavy atom. The topological polar surface area (TPSA) is 78.0 Å². The zero-order chi connectivity index (χ0) is 8.97. The van der Waals surface area contributed by atoms with E-state index in [0.717, 1.165) is 0 Å². The van der Waals surface area contributed by atoms with E-state index in [0.29, 0.717) is 5.56 Å².